The smallest absolute Gasteiger partial charge is 0.291 e. The average Bonchev–Trinajstić information content (AvgIpc) is 3.21. The molecule has 1 aromatic heterocycles. The summed E-state index contributed by atoms with van der Waals surface area (Å²) in [6.07, 6.45) is 1.44. The third-order valence-corrected chi connectivity index (χ3v) is 4.42. The standard InChI is InChI=1S/C20H16BrN3O3/c1-13(23-24-19(25)16-8-2-3-9-17(16)21)14-6-4-7-15(12-14)22-20(26)18-10-5-11-27-18/h2-12H,1H3,(H,22,26)(H,24,25)/b23-13+. The van der Waals surface area contributed by atoms with Crippen LogP contribution in [0.4, 0.5) is 5.69 Å². The molecule has 0 atom stereocenters. The molecule has 3 rings (SSSR count). The van der Waals surface area contributed by atoms with Crippen LogP contribution in [-0.4, -0.2) is 17.5 Å². The van der Waals surface area contributed by atoms with Gasteiger partial charge in [-0.05, 0) is 64.8 Å². The van der Waals surface area contributed by atoms with Crippen LogP contribution in [0.2, 0.25) is 0 Å². The van der Waals surface area contributed by atoms with Crippen LogP contribution >= 0.6 is 15.9 Å². The molecule has 0 radical (unpaired) electrons. The number of hydrogen-bond donors (Lipinski definition) is 2. The van der Waals surface area contributed by atoms with Crippen molar-refractivity contribution in [2.75, 3.05) is 5.32 Å². The molecule has 0 saturated carbocycles. The lowest BCUT2D eigenvalue weighted by atomic mass is 10.1. The van der Waals surface area contributed by atoms with Gasteiger partial charge in [0.05, 0.1) is 17.5 Å². The number of amides is 2. The van der Waals surface area contributed by atoms with Crippen molar-refractivity contribution in [2.24, 2.45) is 5.10 Å². The Morgan fingerprint density at radius 3 is 2.56 bits per heavy atom. The lowest BCUT2D eigenvalue weighted by Gasteiger charge is -2.07. The highest BCUT2D eigenvalue weighted by Gasteiger charge is 2.10. The van der Waals surface area contributed by atoms with Gasteiger partial charge < -0.3 is 9.73 Å². The highest BCUT2D eigenvalue weighted by molar-refractivity contribution is 9.10. The van der Waals surface area contributed by atoms with Crippen molar-refractivity contribution in [3.05, 3.63) is 88.3 Å². The number of hydrazone groups is 1. The number of furan rings is 1. The number of rotatable bonds is 5. The molecule has 7 heteroatoms. The van der Waals surface area contributed by atoms with E-state index in [1.165, 1.54) is 6.26 Å². The number of nitrogens with one attached hydrogen (secondary N) is 2. The summed E-state index contributed by atoms with van der Waals surface area (Å²) in [6, 6.07) is 17.5. The fourth-order valence-electron chi connectivity index (χ4n) is 2.33. The zero-order valence-corrected chi connectivity index (χ0v) is 16.0. The molecule has 0 bridgehead atoms. The van der Waals surface area contributed by atoms with E-state index in [4.69, 9.17) is 4.42 Å². The molecule has 136 valence electrons. The molecular formula is C20H16BrN3O3. The summed E-state index contributed by atoms with van der Waals surface area (Å²) in [5, 5.41) is 6.90. The Bertz CT molecular complexity index is 997. The Balaban J connectivity index is 1.70. The lowest BCUT2D eigenvalue weighted by Crippen LogP contribution is -2.19. The van der Waals surface area contributed by atoms with Crippen LogP contribution in [0.5, 0.6) is 0 Å². The van der Waals surface area contributed by atoms with Crippen LogP contribution in [0.15, 0.2) is 80.9 Å². The molecule has 2 aromatic carbocycles. The van der Waals surface area contributed by atoms with Gasteiger partial charge in [0.25, 0.3) is 11.8 Å². The van der Waals surface area contributed by atoms with Crippen LogP contribution in [0, 0.1) is 0 Å². The van der Waals surface area contributed by atoms with Gasteiger partial charge in [-0.2, -0.15) is 5.10 Å². The first-order valence-corrected chi connectivity index (χ1v) is 8.88. The molecule has 0 aliphatic carbocycles. The summed E-state index contributed by atoms with van der Waals surface area (Å²) in [6.45, 7) is 1.77. The highest BCUT2D eigenvalue weighted by atomic mass is 79.9. The van der Waals surface area contributed by atoms with Crippen molar-refractivity contribution >= 4 is 39.1 Å². The Morgan fingerprint density at radius 1 is 1.00 bits per heavy atom. The van der Waals surface area contributed by atoms with E-state index in [1.807, 2.05) is 12.1 Å². The first-order chi connectivity index (χ1) is 13.0. The minimum Gasteiger partial charge on any atom is -0.459 e. The summed E-state index contributed by atoms with van der Waals surface area (Å²) in [7, 11) is 0. The Kier molecular flexibility index (Phi) is 5.83. The molecule has 0 unspecified atom stereocenters. The van der Waals surface area contributed by atoms with E-state index >= 15 is 0 Å². The second kappa shape index (κ2) is 8.46. The van der Waals surface area contributed by atoms with Gasteiger partial charge in [-0.1, -0.05) is 24.3 Å². The van der Waals surface area contributed by atoms with Gasteiger partial charge in [-0.15, -0.1) is 0 Å². The summed E-state index contributed by atoms with van der Waals surface area (Å²) in [5.74, 6) is -0.426. The number of hydrogen-bond acceptors (Lipinski definition) is 4. The molecule has 0 spiro atoms. The predicted octanol–water partition coefficient (Wildman–Crippen LogP) is 4.45. The number of benzene rings is 2. The Hall–Kier alpha value is -3.19. The van der Waals surface area contributed by atoms with E-state index in [1.54, 1.807) is 55.5 Å². The summed E-state index contributed by atoms with van der Waals surface area (Å²) < 4.78 is 5.77. The van der Waals surface area contributed by atoms with E-state index in [9.17, 15) is 9.59 Å². The van der Waals surface area contributed by atoms with Gasteiger partial charge in [-0.25, -0.2) is 5.43 Å². The molecule has 2 N–H and O–H groups in total. The second-order valence-electron chi connectivity index (χ2n) is 5.63. The van der Waals surface area contributed by atoms with E-state index in [0.717, 1.165) is 5.56 Å². The lowest BCUT2D eigenvalue weighted by molar-refractivity contribution is 0.0953. The van der Waals surface area contributed by atoms with Gasteiger partial charge in [0, 0.05) is 10.2 Å². The molecule has 6 nitrogen and oxygen atoms in total. The third-order valence-electron chi connectivity index (χ3n) is 3.73. The summed E-state index contributed by atoms with van der Waals surface area (Å²) in [5.41, 5.74) is 4.99. The minimum absolute atomic E-state index is 0.228. The SMILES string of the molecule is C/C(=N\NC(=O)c1ccccc1Br)c1cccc(NC(=O)c2ccco2)c1. The predicted molar refractivity (Wildman–Crippen MR) is 107 cm³/mol. The molecule has 27 heavy (non-hydrogen) atoms. The van der Waals surface area contributed by atoms with Gasteiger partial charge in [-0.3, -0.25) is 9.59 Å². The first kappa shape index (κ1) is 18.6. The molecule has 3 aromatic rings. The molecule has 0 aliphatic heterocycles. The first-order valence-electron chi connectivity index (χ1n) is 8.09. The summed E-state index contributed by atoms with van der Waals surface area (Å²) in [4.78, 5) is 24.3. The second-order valence-corrected chi connectivity index (χ2v) is 6.48. The van der Waals surface area contributed by atoms with Crippen molar-refractivity contribution in [1.82, 2.24) is 5.43 Å². The number of nitrogens with zero attached hydrogens (tertiary/aromatic N) is 1. The van der Waals surface area contributed by atoms with Crippen LogP contribution in [-0.2, 0) is 0 Å². The molecule has 0 fully saturated rings. The third kappa shape index (κ3) is 4.71. The maximum absolute atomic E-state index is 12.2. The van der Waals surface area contributed by atoms with Crippen molar-refractivity contribution < 1.29 is 14.0 Å². The van der Waals surface area contributed by atoms with Crippen LogP contribution in [0.1, 0.15) is 33.4 Å². The topological polar surface area (TPSA) is 83.7 Å². The molecule has 1 heterocycles. The zero-order valence-electron chi connectivity index (χ0n) is 14.4. The van der Waals surface area contributed by atoms with Crippen molar-refractivity contribution in [3.8, 4) is 0 Å². The number of carbonyl (C=O) groups is 2. The van der Waals surface area contributed by atoms with Crippen molar-refractivity contribution in [1.29, 1.82) is 0 Å². The normalized spacial score (nSPS) is 11.1. The zero-order chi connectivity index (χ0) is 19.2. The van der Waals surface area contributed by atoms with Gasteiger partial charge in [0.1, 0.15) is 0 Å². The fourth-order valence-corrected chi connectivity index (χ4v) is 2.79. The molecule has 2 amide bonds. The van der Waals surface area contributed by atoms with Gasteiger partial charge >= 0.3 is 0 Å². The van der Waals surface area contributed by atoms with Crippen LogP contribution in [0.3, 0.4) is 0 Å². The summed E-state index contributed by atoms with van der Waals surface area (Å²) >= 11 is 3.34. The van der Waals surface area contributed by atoms with Crippen LogP contribution in [0.25, 0.3) is 0 Å². The molecular weight excluding hydrogens is 410 g/mol. The number of halogens is 1. The number of anilines is 1. The molecule has 0 saturated heterocycles. The fraction of sp³-hybridized carbons (Fsp3) is 0.0500. The average molecular weight is 426 g/mol. The highest BCUT2D eigenvalue weighted by Crippen LogP contribution is 2.16. The minimum atomic E-state index is -0.339. The quantitative estimate of drug-likeness (QED) is 0.467. The maximum atomic E-state index is 12.2. The molecule has 0 aliphatic rings. The van der Waals surface area contributed by atoms with E-state index in [2.05, 4.69) is 31.8 Å². The van der Waals surface area contributed by atoms with Crippen LogP contribution < -0.4 is 10.7 Å². The van der Waals surface area contributed by atoms with Gasteiger partial charge in [0.2, 0.25) is 0 Å². The number of carbonyl (C=O) groups excluding carboxylic acids is 2. The van der Waals surface area contributed by atoms with E-state index in [-0.39, 0.29) is 17.6 Å². The van der Waals surface area contributed by atoms with Gasteiger partial charge in [0.15, 0.2) is 5.76 Å². The van der Waals surface area contributed by atoms with Crippen molar-refractivity contribution in [3.63, 3.8) is 0 Å². The van der Waals surface area contributed by atoms with E-state index < -0.39 is 0 Å². The Morgan fingerprint density at radius 2 is 1.81 bits per heavy atom. The monoisotopic (exact) mass is 425 g/mol. The Labute approximate surface area is 164 Å². The van der Waals surface area contributed by atoms with E-state index in [0.29, 0.717) is 21.4 Å². The largest absolute Gasteiger partial charge is 0.459 e. The maximum Gasteiger partial charge on any atom is 0.291 e. The van der Waals surface area contributed by atoms with Crippen molar-refractivity contribution in [2.45, 2.75) is 6.92 Å².